The number of piperidine rings is 1. The van der Waals surface area contributed by atoms with Gasteiger partial charge in [0.15, 0.2) is 0 Å². The van der Waals surface area contributed by atoms with Crippen LogP contribution in [-0.4, -0.2) is 40.1 Å². The summed E-state index contributed by atoms with van der Waals surface area (Å²) >= 11 is 1.60. The molecule has 0 aliphatic carbocycles. The van der Waals surface area contributed by atoms with E-state index < -0.39 is 6.10 Å². The summed E-state index contributed by atoms with van der Waals surface area (Å²) in [5, 5.41) is 12.7. The third-order valence-corrected chi connectivity index (χ3v) is 4.66. The van der Waals surface area contributed by atoms with Gasteiger partial charge >= 0.3 is 0 Å². The Labute approximate surface area is 139 Å². The molecule has 2 heterocycles. The quantitative estimate of drug-likeness (QED) is 0.935. The summed E-state index contributed by atoms with van der Waals surface area (Å²) in [7, 11) is 0. The molecule has 0 radical (unpaired) electrons. The molecule has 3 rings (SSSR count). The molecule has 1 aromatic heterocycles. The fourth-order valence-electron chi connectivity index (χ4n) is 2.65. The first-order chi connectivity index (χ1) is 11.1. The maximum atomic E-state index is 12.4. The first kappa shape index (κ1) is 16.0. The number of nitrogens with zero attached hydrogens (tertiary/aromatic N) is 2. The largest absolute Gasteiger partial charge is 0.487 e. The van der Waals surface area contributed by atoms with Crippen LogP contribution in [0.5, 0.6) is 5.75 Å². The van der Waals surface area contributed by atoms with Crippen LogP contribution in [0.2, 0.25) is 0 Å². The van der Waals surface area contributed by atoms with E-state index in [-0.39, 0.29) is 5.91 Å². The highest BCUT2D eigenvalue weighted by Gasteiger charge is 2.22. The topological polar surface area (TPSA) is 62.7 Å². The Balaban J connectivity index is 1.59. The molecule has 6 heteroatoms. The zero-order chi connectivity index (χ0) is 16.2. The minimum absolute atomic E-state index is 0.0366. The van der Waals surface area contributed by atoms with Gasteiger partial charge in [-0.2, -0.15) is 0 Å². The molecular weight excluding hydrogens is 312 g/mol. The smallest absolute Gasteiger partial charge is 0.253 e. The number of carbonyl (C=O) groups is 1. The normalized spacial score (nSPS) is 18.0. The van der Waals surface area contributed by atoms with E-state index in [1.165, 1.54) is 0 Å². The highest BCUT2D eigenvalue weighted by Crippen LogP contribution is 2.18. The second kappa shape index (κ2) is 7.10. The van der Waals surface area contributed by atoms with Crippen LogP contribution in [0.25, 0.3) is 0 Å². The zero-order valence-electron chi connectivity index (χ0n) is 13.1. The van der Waals surface area contributed by atoms with E-state index >= 15 is 0 Å². The molecule has 0 saturated carbocycles. The van der Waals surface area contributed by atoms with Crippen molar-refractivity contribution < 1.29 is 14.6 Å². The summed E-state index contributed by atoms with van der Waals surface area (Å²) in [6, 6.07) is 7.13. The third-order valence-electron chi connectivity index (χ3n) is 3.84. The lowest BCUT2D eigenvalue weighted by Crippen LogP contribution is -2.42. The third kappa shape index (κ3) is 4.09. The maximum absolute atomic E-state index is 12.4. The summed E-state index contributed by atoms with van der Waals surface area (Å²) in [6.45, 7) is 3.51. The Morgan fingerprint density at radius 2 is 2.22 bits per heavy atom. The van der Waals surface area contributed by atoms with Crippen molar-refractivity contribution in [2.75, 3.05) is 13.1 Å². The number of ether oxygens (including phenoxy) is 1. The molecule has 122 valence electrons. The van der Waals surface area contributed by atoms with E-state index in [1.807, 2.05) is 12.3 Å². The fourth-order valence-corrected chi connectivity index (χ4v) is 3.24. The summed E-state index contributed by atoms with van der Waals surface area (Å²) in [6.07, 6.45) is 1.21. The predicted octanol–water partition coefficient (Wildman–Crippen LogP) is 2.63. The molecule has 1 amide bonds. The summed E-state index contributed by atoms with van der Waals surface area (Å²) in [5.74, 6) is 0.677. The van der Waals surface area contributed by atoms with Gasteiger partial charge in [-0.3, -0.25) is 4.79 Å². The van der Waals surface area contributed by atoms with Crippen molar-refractivity contribution in [1.29, 1.82) is 0 Å². The van der Waals surface area contributed by atoms with Crippen molar-refractivity contribution in [3.05, 3.63) is 45.9 Å². The molecule has 23 heavy (non-hydrogen) atoms. The minimum atomic E-state index is -0.406. The lowest BCUT2D eigenvalue weighted by molar-refractivity contribution is 0.0473. The highest BCUT2D eigenvalue weighted by atomic mass is 32.1. The number of β-amino-alcohol motifs (C(OH)–C–C–N with tert-alkyl or cyclic N) is 1. The lowest BCUT2D eigenvalue weighted by Gasteiger charge is -2.30. The molecule has 0 unspecified atom stereocenters. The number of hydrogen-bond acceptors (Lipinski definition) is 5. The number of aromatic nitrogens is 1. The van der Waals surface area contributed by atoms with Crippen molar-refractivity contribution in [3.8, 4) is 5.75 Å². The number of likely N-dealkylation sites (tertiary alicyclic amines) is 1. The number of thiazole rings is 1. The number of carbonyl (C=O) groups excluding carboxylic acids is 1. The predicted molar refractivity (Wildman–Crippen MR) is 88.8 cm³/mol. The molecule has 1 fully saturated rings. The van der Waals surface area contributed by atoms with Crippen LogP contribution in [0, 0.1) is 6.92 Å². The van der Waals surface area contributed by atoms with Gasteiger partial charge in [0, 0.05) is 24.0 Å². The molecule has 1 N–H and O–H groups in total. The number of aliphatic hydroxyl groups excluding tert-OH is 1. The Bertz CT molecular complexity index is 669. The van der Waals surface area contributed by atoms with Gasteiger partial charge in [0.05, 0.1) is 16.8 Å². The van der Waals surface area contributed by atoms with Gasteiger partial charge in [0.25, 0.3) is 5.91 Å². The van der Waals surface area contributed by atoms with E-state index in [0.29, 0.717) is 31.0 Å². The number of hydrogen-bond donors (Lipinski definition) is 1. The second-order valence-electron chi connectivity index (χ2n) is 5.72. The number of amides is 1. The van der Waals surface area contributed by atoms with Gasteiger partial charge in [-0.05, 0) is 44.0 Å². The van der Waals surface area contributed by atoms with E-state index in [9.17, 15) is 9.90 Å². The first-order valence-corrected chi connectivity index (χ1v) is 8.61. The molecule has 1 saturated heterocycles. The van der Waals surface area contributed by atoms with Gasteiger partial charge in [0.2, 0.25) is 0 Å². The van der Waals surface area contributed by atoms with Gasteiger partial charge in [-0.1, -0.05) is 0 Å². The molecular formula is C17H20N2O3S. The van der Waals surface area contributed by atoms with Crippen LogP contribution in [-0.2, 0) is 6.61 Å². The van der Waals surface area contributed by atoms with E-state index in [0.717, 1.165) is 23.5 Å². The standard InChI is InChI=1S/C17H20N2O3S/c1-12-18-14(11-23-12)10-22-16-6-4-13(5-7-16)17(21)19-8-2-3-15(20)9-19/h4-7,11,15,20H,2-3,8-10H2,1H3/t15-/m1/s1. The number of benzene rings is 1. The molecule has 1 aliphatic rings. The molecule has 1 aliphatic heterocycles. The number of aryl methyl sites for hydroxylation is 1. The van der Waals surface area contributed by atoms with Crippen molar-refractivity contribution >= 4 is 17.2 Å². The van der Waals surface area contributed by atoms with Crippen molar-refractivity contribution in [1.82, 2.24) is 9.88 Å². The Kier molecular flexibility index (Phi) is 4.93. The maximum Gasteiger partial charge on any atom is 0.253 e. The van der Waals surface area contributed by atoms with Gasteiger partial charge in [-0.15, -0.1) is 11.3 Å². The molecule has 0 bridgehead atoms. The van der Waals surface area contributed by atoms with Crippen LogP contribution in [0.3, 0.4) is 0 Å². The summed E-state index contributed by atoms with van der Waals surface area (Å²) < 4.78 is 5.68. The zero-order valence-corrected chi connectivity index (χ0v) is 13.9. The lowest BCUT2D eigenvalue weighted by atomic mass is 10.1. The summed E-state index contributed by atoms with van der Waals surface area (Å²) in [5.41, 5.74) is 1.53. The van der Waals surface area contributed by atoms with Crippen molar-refractivity contribution in [2.24, 2.45) is 0 Å². The van der Waals surface area contributed by atoms with Crippen LogP contribution < -0.4 is 4.74 Å². The molecule has 0 spiro atoms. The van der Waals surface area contributed by atoms with Crippen molar-refractivity contribution in [2.45, 2.75) is 32.5 Å². The Morgan fingerprint density at radius 1 is 1.43 bits per heavy atom. The summed E-state index contributed by atoms with van der Waals surface area (Å²) in [4.78, 5) is 18.5. The van der Waals surface area contributed by atoms with Gasteiger partial charge in [0.1, 0.15) is 12.4 Å². The number of aliphatic hydroxyl groups is 1. The monoisotopic (exact) mass is 332 g/mol. The molecule has 2 aromatic rings. The van der Waals surface area contributed by atoms with Gasteiger partial charge < -0.3 is 14.7 Å². The number of rotatable bonds is 4. The Hall–Kier alpha value is -1.92. The minimum Gasteiger partial charge on any atom is -0.487 e. The average Bonchev–Trinajstić information content (AvgIpc) is 2.98. The second-order valence-corrected chi connectivity index (χ2v) is 6.78. The van der Waals surface area contributed by atoms with Crippen LogP contribution in [0.4, 0.5) is 0 Å². The van der Waals surface area contributed by atoms with Crippen LogP contribution in [0.1, 0.15) is 33.9 Å². The highest BCUT2D eigenvalue weighted by molar-refractivity contribution is 7.09. The van der Waals surface area contributed by atoms with Gasteiger partial charge in [-0.25, -0.2) is 4.98 Å². The molecule has 5 nitrogen and oxygen atoms in total. The van der Waals surface area contributed by atoms with Crippen LogP contribution in [0.15, 0.2) is 29.6 Å². The van der Waals surface area contributed by atoms with E-state index in [4.69, 9.17) is 4.74 Å². The molecule has 1 aromatic carbocycles. The Morgan fingerprint density at radius 3 is 2.87 bits per heavy atom. The van der Waals surface area contributed by atoms with E-state index in [1.54, 1.807) is 40.5 Å². The first-order valence-electron chi connectivity index (χ1n) is 7.73. The SMILES string of the molecule is Cc1nc(COc2ccc(C(=O)N3CCC[C@@H](O)C3)cc2)cs1. The average molecular weight is 332 g/mol. The molecule has 1 atom stereocenters. The van der Waals surface area contributed by atoms with Crippen molar-refractivity contribution in [3.63, 3.8) is 0 Å². The van der Waals surface area contributed by atoms with E-state index in [2.05, 4.69) is 4.98 Å². The van der Waals surface area contributed by atoms with Crippen LogP contribution >= 0.6 is 11.3 Å². The fraction of sp³-hybridized carbons (Fsp3) is 0.412.